The molecule has 0 aliphatic carbocycles. The fourth-order valence-corrected chi connectivity index (χ4v) is 4.58. The van der Waals surface area contributed by atoms with Crippen LogP contribution in [0.5, 0.6) is 0 Å². The van der Waals surface area contributed by atoms with Crippen LogP contribution in [0.3, 0.4) is 0 Å². The summed E-state index contributed by atoms with van der Waals surface area (Å²) in [5, 5.41) is 12.0. The normalized spacial score (nSPS) is 18.0. The Balaban J connectivity index is 1.51. The second-order valence-electron chi connectivity index (χ2n) is 8.26. The van der Waals surface area contributed by atoms with Gasteiger partial charge < -0.3 is 19.5 Å². The highest BCUT2D eigenvalue weighted by Gasteiger charge is 2.37. The van der Waals surface area contributed by atoms with Crippen LogP contribution in [0.15, 0.2) is 40.0 Å². The molecule has 1 N–H and O–H groups in total. The van der Waals surface area contributed by atoms with Crippen LogP contribution >= 0.6 is 11.8 Å². The third-order valence-electron chi connectivity index (χ3n) is 5.69. The van der Waals surface area contributed by atoms with Crippen LogP contribution in [0.1, 0.15) is 37.0 Å². The smallest absolute Gasteiger partial charge is 0.315 e. The molecule has 2 aliphatic heterocycles. The van der Waals surface area contributed by atoms with Crippen LogP contribution in [0.4, 0.5) is 17.5 Å². The summed E-state index contributed by atoms with van der Waals surface area (Å²) in [4.78, 5) is 26.7. The predicted octanol–water partition coefficient (Wildman–Crippen LogP) is 3.70. The molecule has 1 saturated heterocycles. The number of nitrogens with zero attached hydrogens (tertiary/aromatic N) is 6. The van der Waals surface area contributed by atoms with Gasteiger partial charge in [0.05, 0.1) is 0 Å². The van der Waals surface area contributed by atoms with Gasteiger partial charge in [-0.05, 0) is 51.1 Å². The Bertz CT molecular complexity index is 1150. The second-order valence-corrected chi connectivity index (χ2v) is 9.03. The lowest BCUT2D eigenvalue weighted by Crippen LogP contribution is -2.39. The highest BCUT2D eigenvalue weighted by molar-refractivity contribution is 7.98. The third kappa shape index (κ3) is 3.79. The first-order chi connectivity index (χ1) is 15.5. The number of fused-ring (bicyclic) bond motifs is 3. The molecule has 1 fully saturated rings. The van der Waals surface area contributed by atoms with Crippen LogP contribution in [0.25, 0.3) is 11.5 Å². The van der Waals surface area contributed by atoms with E-state index >= 15 is 0 Å². The Hall–Kier alpha value is -3.14. The van der Waals surface area contributed by atoms with E-state index in [-0.39, 0.29) is 18.0 Å². The first-order valence-corrected chi connectivity index (χ1v) is 12.0. The Labute approximate surface area is 190 Å². The lowest BCUT2D eigenvalue weighted by Gasteiger charge is -2.27. The first-order valence-electron chi connectivity index (χ1n) is 10.7. The van der Waals surface area contributed by atoms with Gasteiger partial charge in [0, 0.05) is 42.6 Å². The Morgan fingerprint density at radius 1 is 1.28 bits per heavy atom. The lowest BCUT2D eigenvalue weighted by molar-refractivity contribution is 0.0988. The molecule has 1 aromatic carbocycles. The molecule has 1 amide bonds. The van der Waals surface area contributed by atoms with Crippen molar-refractivity contribution in [1.82, 2.24) is 20.2 Å². The minimum absolute atomic E-state index is 0.0908. The fourth-order valence-electron chi connectivity index (χ4n) is 4.24. The summed E-state index contributed by atoms with van der Waals surface area (Å²) in [6.07, 6.45) is 5.71. The SMILES string of the molecule is CSc1ncc2c(n1)N1CCC[C@H]1CN(c1cccc(-c3nnc(NC(C)C)o3)c1)C2=O. The number of hydrogen-bond donors (Lipinski definition) is 1. The highest BCUT2D eigenvalue weighted by Crippen LogP contribution is 2.35. The molecule has 5 rings (SSSR count). The van der Waals surface area contributed by atoms with E-state index < -0.39 is 0 Å². The number of thioether (sulfide) groups is 1. The third-order valence-corrected chi connectivity index (χ3v) is 6.25. The number of aromatic nitrogens is 4. The van der Waals surface area contributed by atoms with Crippen molar-refractivity contribution >= 4 is 35.2 Å². The Morgan fingerprint density at radius 3 is 2.97 bits per heavy atom. The maximum atomic E-state index is 13.6. The molecule has 9 nitrogen and oxygen atoms in total. The fraction of sp³-hybridized carbons (Fsp3) is 0.409. The van der Waals surface area contributed by atoms with Gasteiger partial charge in [-0.3, -0.25) is 4.79 Å². The van der Waals surface area contributed by atoms with Gasteiger partial charge in [-0.1, -0.05) is 22.9 Å². The molecule has 1 atom stereocenters. The summed E-state index contributed by atoms with van der Waals surface area (Å²) >= 11 is 1.48. The van der Waals surface area contributed by atoms with Gasteiger partial charge in [0.2, 0.25) is 5.89 Å². The average molecular weight is 452 g/mol. The largest absolute Gasteiger partial charge is 0.403 e. The van der Waals surface area contributed by atoms with Gasteiger partial charge in [0.25, 0.3) is 5.91 Å². The van der Waals surface area contributed by atoms with E-state index in [4.69, 9.17) is 9.40 Å². The molecular weight excluding hydrogens is 426 g/mol. The minimum atomic E-state index is -0.0908. The van der Waals surface area contributed by atoms with E-state index in [9.17, 15) is 4.79 Å². The summed E-state index contributed by atoms with van der Waals surface area (Å²) < 4.78 is 5.76. The minimum Gasteiger partial charge on any atom is -0.403 e. The summed E-state index contributed by atoms with van der Waals surface area (Å²) in [6, 6.07) is 8.46. The molecular formula is C22H25N7O2S. The monoisotopic (exact) mass is 451 g/mol. The predicted molar refractivity (Wildman–Crippen MR) is 124 cm³/mol. The average Bonchev–Trinajstić information content (AvgIpc) is 3.43. The van der Waals surface area contributed by atoms with Crippen molar-refractivity contribution in [2.45, 2.75) is 43.9 Å². The van der Waals surface area contributed by atoms with Crippen molar-refractivity contribution in [2.24, 2.45) is 0 Å². The quantitative estimate of drug-likeness (QED) is 0.460. The van der Waals surface area contributed by atoms with Gasteiger partial charge in [-0.25, -0.2) is 9.97 Å². The topological polar surface area (TPSA) is 100 Å². The molecule has 3 aromatic rings. The van der Waals surface area contributed by atoms with Crippen molar-refractivity contribution in [3.63, 3.8) is 0 Å². The Morgan fingerprint density at radius 2 is 2.16 bits per heavy atom. The van der Waals surface area contributed by atoms with Crippen LogP contribution in [-0.4, -0.2) is 57.5 Å². The van der Waals surface area contributed by atoms with Crippen molar-refractivity contribution < 1.29 is 9.21 Å². The summed E-state index contributed by atoms with van der Waals surface area (Å²) in [6.45, 7) is 5.51. The van der Waals surface area contributed by atoms with Crippen molar-refractivity contribution in [1.29, 1.82) is 0 Å². The number of anilines is 3. The van der Waals surface area contributed by atoms with E-state index in [2.05, 4.69) is 25.4 Å². The molecule has 0 spiro atoms. The molecule has 10 heteroatoms. The van der Waals surface area contributed by atoms with Gasteiger partial charge in [-0.2, -0.15) is 0 Å². The number of carbonyl (C=O) groups excluding carboxylic acids is 1. The molecule has 4 heterocycles. The second kappa shape index (κ2) is 8.42. The number of benzene rings is 1. The molecule has 0 bridgehead atoms. The lowest BCUT2D eigenvalue weighted by atomic mass is 10.1. The molecule has 32 heavy (non-hydrogen) atoms. The van der Waals surface area contributed by atoms with Crippen LogP contribution in [0, 0.1) is 0 Å². The van der Waals surface area contributed by atoms with E-state index in [1.807, 2.05) is 49.3 Å². The molecule has 2 aliphatic rings. The van der Waals surface area contributed by atoms with Gasteiger partial charge in [-0.15, -0.1) is 5.10 Å². The van der Waals surface area contributed by atoms with Gasteiger partial charge in [0.15, 0.2) is 5.16 Å². The zero-order valence-electron chi connectivity index (χ0n) is 18.3. The standard InChI is InChI=1S/C22H25N7O2S/c1-13(2)24-21-27-26-19(31-21)14-6-4-7-15(10-14)29-12-16-8-5-9-28(16)18-17(20(29)30)11-23-22(25-18)32-3/h4,6-7,10-11,13,16H,5,8-9,12H2,1-3H3,(H,24,27)/t16-/m0/s1. The van der Waals surface area contributed by atoms with E-state index in [0.29, 0.717) is 29.2 Å². The number of carbonyl (C=O) groups is 1. The van der Waals surface area contributed by atoms with E-state index in [1.54, 1.807) is 6.20 Å². The molecule has 0 saturated carbocycles. The van der Waals surface area contributed by atoms with Crippen LogP contribution < -0.4 is 15.1 Å². The molecule has 0 radical (unpaired) electrons. The van der Waals surface area contributed by atoms with Crippen LogP contribution in [-0.2, 0) is 0 Å². The van der Waals surface area contributed by atoms with Gasteiger partial charge >= 0.3 is 6.01 Å². The number of nitrogens with one attached hydrogen (secondary N) is 1. The van der Waals surface area contributed by atoms with Gasteiger partial charge in [0.1, 0.15) is 11.4 Å². The number of amides is 1. The highest BCUT2D eigenvalue weighted by atomic mass is 32.2. The molecule has 2 aromatic heterocycles. The van der Waals surface area contributed by atoms with Crippen LogP contribution in [0.2, 0.25) is 0 Å². The van der Waals surface area contributed by atoms with Crippen molar-refractivity contribution in [3.05, 3.63) is 36.0 Å². The maximum absolute atomic E-state index is 13.6. The number of rotatable bonds is 5. The van der Waals surface area contributed by atoms with Crippen molar-refractivity contribution in [3.8, 4) is 11.5 Å². The Kier molecular flexibility index (Phi) is 5.46. The summed E-state index contributed by atoms with van der Waals surface area (Å²) in [5.74, 6) is 1.07. The molecule has 166 valence electrons. The van der Waals surface area contributed by atoms with E-state index in [1.165, 1.54) is 11.8 Å². The van der Waals surface area contributed by atoms with E-state index in [0.717, 1.165) is 36.5 Å². The maximum Gasteiger partial charge on any atom is 0.315 e. The summed E-state index contributed by atoms with van der Waals surface area (Å²) in [5.41, 5.74) is 2.10. The summed E-state index contributed by atoms with van der Waals surface area (Å²) in [7, 11) is 0. The number of hydrogen-bond acceptors (Lipinski definition) is 9. The zero-order chi connectivity index (χ0) is 22.2. The first kappa shape index (κ1) is 20.7. The zero-order valence-corrected chi connectivity index (χ0v) is 19.1. The molecule has 0 unspecified atom stereocenters. The van der Waals surface area contributed by atoms with Crippen molar-refractivity contribution in [2.75, 3.05) is 34.5 Å².